The summed E-state index contributed by atoms with van der Waals surface area (Å²) in [6.07, 6.45) is 1.67. The monoisotopic (exact) mass is 270 g/mol. The Morgan fingerprint density at radius 3 is 2.60 bits per heavy atom. The molecule has 1 N–H and O–H groups in total. The second-order valence-electron chi connectivity index (χ2n) is 4.80. The van der Waals surface area contributed by atoms with Crippen LogP contribution >= 0.6 is 0 Å². The zero-order valence-electron chi connectivity index (χ0n) is 12.2. The lowest BCUT2D eigenvalue weighted by molar-refractivity contribution is 0.102. The summed E-state index contributed by atoms with van der Waals surface area (Å²) in [4.78, 5) is 16.5. The molecule has 2 rings (SSSR count). The van der Waals surface area contributed by atoms with Gasteiger partial charge in [0.05, 0.1) is 12.7 Å². The average Bonchev–Trinajstić information content (AvgIpc) is 2.37. The molecule has 104 valence electrons. The van der Waals surface area contributed by atoms with Gasteiger partial charge >= 0.3 is 0 Å². The number of carbonyl (C=O) groups excluding carboxylic acids is 1. The van der Waals surface area contributed by atoms with Crippen LogP contribution in [0.25, 0.3) is 0 Å². The molecule has 4 nitrogen and oxygen atoms in total. The van der Waals surface area contributed by atoms with Crippen LogP contribution in [0.1, 0.15) is 27.2 Å². The number of anilines is 1. The van der Waals surface area contributed by atoms with Crippen molar-refractivity contribution < 1.29 is 9.53 Å². The van der Waals surface area contributed by atoms with Crippen LogP contribution in [0, 0.1) is 20.8 Å². The van der Waals surface area contributed by atoms with Crippen molar-refractivity contribution in [3.05, 3.63) is 52.8 Å². The fourth-order valence-corrected chi connectivity index (χ4v) is 2.22. The predicted molar refractivity (Wildman–Crippen MR) is 79.4 cm³/mol. The highest BCUT2D eigenvalue weighted by Gasteiger charge is 2.15. The highest BCUT2D eigenvalue weighted by Crippen LogP contribution is 2.26. The molecule has 0 radical (unpaired) electrons. The van der Waals surface area contributed by atoms with Gasteiger partial charge in [-0.05, 0) is 50.1 Å². The minimum atomic E-state index is -0.181. The molecule has 0 spiro atoms. The van der Waals surface area contributed by atoms with Crippen molar-refractivity contribution in [2.75, 3.05) is 12.4 Å². The molecule has 0 fully saturated rings. The Morgan fingerprint density at radius 1 is 1.20 bits per heavy atom. The zero-order chi connectivity index (χ0) is 14.7. The molecule has 1 aromatic carbocycles. The Morgan fingerprint density at radius 2 is 1.95 bits per heavy atom. The van der Waals surface area contributed by atoms with E-state index in [1.165, 1.54) is 0 Å². The molecule has 0 atom stereocenters. The Balaban J connectivity index is 2.34. The first-order chi connectivity index (χ1) is 9.51. The van der Waals surface area contributed by atoms with Crippen molar-refractivity contribution in [3.8, 4) is 5.75 Å². The second-order valence-corrected chi connectivity index (χ2v) is 4.80. The zero-order valence-corrected chi connectivity index (χ0v) is 12.2. The van der Waals surface area contributed by atoms with Crippen LogP contribution in [0.3, 0.4) is 0 Å². The molecule has 0 aliphatic carbocycles. The summed E-state index contributed by atoms with van der Waals surface area (Å²) in [5.41, 5.74) is 4.10. The third-order valence-electron chi connectivity index (χ3n) is 3.02. The highest BCUT2D eigenvalue weighted by molar-refractivity contribution is 6.06. The number of carbonyl (C=O) groups is 1. The number of amides is 1. The van der Waals surface area contributed by atoms with Gasteiger partial charge in [-0.15, -0.1) is 0 Å². The van der Waals surface area contributed by atoms with Gasteiger partial charge in [0.1, 0.15) is 5.75 Å². The third kappa shape index (κ3) is 2.96. The normalized spacial score (nSPS) is 10.2. The number of benzene rings is 1. The molecule has 0 saturated heterocycles. The van der Waals surface area contributed by atoms with Gasteiger partial charge in [-0.3, -0.25) is 9.78 Å². The summed E-state index contributed by atoms with van der Waals surface area (Å²) < 4.78 is 5.34. The standard InChI is InChI=1S/C16H18N2O2/c1-10-7-11(2)15(20-4)14(8-10)16(19)18-13-5-6-17-12(3)9-13/h5-9H,1-4H3,(H,17,18,19). The van der Waals surface area contributed by atoms with E-state index in [0.29, 0.717) is 11.3 Å². The van der Waals surface area contributed by atoms with E-state index in [1.807, 2.05) is 39.0 Å². The number of aryl methyl sites for hydroxylation is 3. The van der Waals surface area contributed by atoms with Gasteiger partial charge in [0, 0.05) is 17.6 Å². The van der Waals surface area contributed by atoms with Gasteiger partial charge in [-0.1, -0.05) is 6.07 Å². The third-order valence-corrected chi connectivity index (χ3v) is 3.02. The maximum absolute atomic E-state index is 12.4. The van der Waals surface area contributed by atoms with Crippen LogP contribution in [0.4, 0.5) is 5.69 Å². The minimum absolute atomic E-state index is 0.181. The largest absolute Gasteiger partial charge is 0.496 e. The Hall–Kier alpha value is -2.36. The minimum Gasteiger partial charge on any atom is -0.496 e. The van der Waals surface area contributed by atoms with Crippen molar-refractivity contribution in [1.29, 1.82) is 0 Å². The topological polar surface area (TPSA) is 51.2 Å². The first-order valence-corrected chi connectivity index (χ1v) is 6.40. The highest BCUT2D eigenvalue weighted by atomic mass is 16.5. The van der Waals surface area contributed by atoms with Crippen molar-refractivity contribution in [1.82, 2.24) is 4.98 Å². The molecular weight excluding hydrogens is 252 g/mol. The molecule has 0 unspecified atom stereocenters. The van der Waals surface area contributed by atoms with E-state index in [1.54, 1.807) is 19.4 Å². The Bertz CT molecular complexity index is 651. The molecule has 1 heterocycles. The van der Waals surface area contributed by atoms with Gasteiger partial charge in [-0.2, -0.15) is 0 Å². The van der Waals surface area contributed by atoms with Gasteiger partial charge in [-0.25, -0.2) is 0 Å². The Kier molecular flexibility index (Phi) is 4.03. The molecule has 0 saturated carbocycles. The SMILES string of the molecule is COc1c(C)cc(C)cc1C(=O)Nc1ccnc(C)c1. The molecule has 0 aliphatic heterocycles. The first-order valence-electron chi connectivity index (χ1n) is 6.40. The summed E-state index contributed by atoms with van der Waals surface area (Å²) >= 11 is 0. The molecule has 4 heteroatoms. The summed E-state index contributed by atoms with van der Waals surface area (Å²) in [5.74, 6) is 0.429. The van der Waals surface area contributed by atoms with E-state index < -0.39 is 0 Å². The lowest BCUT2D eigenvalue weighted by Gasteiger charge is -2.13. The summed E-state index contributed by atoms with van der Waals surface area (Å²) in [7, 11) is 1.57. The molecular formula is C16H18N2O2. The molecule has 1 aromatic heterocycles. The number of pyridine rings is 1. The van der Waals surface area contributed by atoms with E-state index in [4.69, 9.17) is 4.74 Å². The van der Waals surface area contributed by atoms with E-state index >= 15 is 0 Å². The number of methoxy groups -OCH3 is 1. The second kappa shape index (κ2) is 5.74. The number of nitrogens with zero attached hydrogens (tertiary/aromatic N) is 1. The van der Waals surface area contributed by atoms with Crippen molar-refractivity contribution in [3.63, 3.8) is 0 Å². The summed E-state index contributed by atoms with van der Waals surface area (Å²) in [6.45, 7) is 5.77. The molecule has 0 bridgehead atoms. The van der Waals surface area contributed by atoms with Crippen molar-refractivity contribution >= 4 is 11.6 Å². The summed E-state index contributed by atoms with van der Waals surface area (Å²) in [6, 6.07) is 7.41. The van der Waals surface area contributed by atoms with E-state index in [2.05, 4.69) is 10.3 Å². The molecule has 20 heavy (non-hydrogen) atoms. The van der Waals surface area contributed by atoms with E-state index in [-0.39, 0.29) is 5.91 Å². The number of nitrogens with one attached hydrogen (secondary N) is 1. The molecule has 1 amide bonds. The average molecular weight is 270 g/mol. The number of ether oxygens (including phenoxy) is 1. The maximum atomic E-state index is 12.4. The first kappa shape index (κ1) is 14.1. The smallest absolute Gasteiger partial charge is 0.259 e. The van der Waals surface area contributed by atoms with Crippen LogP contribution < -0.4 is 10.1 Å². The lowest BCUT2D eigenvalue weighted by Crippen LogP contribution is -2.14. The van der Waals surface area contributed by atoms with Gasteiger partial charge < -0.3 is 10.1 Å². The number of hydrogen-bond donors (Lipinski definition) is 1. The number of hydrogen-bond acceptors (Lipinski definition) is 3. The predicted octanol–water partition coefficient (Wildman–Crippen LogP) is 3.27. The molecule has 0 aliphatic rings. The van der Waals surface area contributed by atoms with Crippen LogP contribution in [0.2, 0.25) is 0 Å². The van der Waals surface area contributed by atoms with Crippen LogP contribution in [-0.2, 0) is 0 Å². The van der Waals surface area contributed by atoms with Crippen LogP contribution in [0.15, 0.2) is 30.5 Å². The van der Waals surface area contributed by atoms with Gasteiger partial charge in [0.15, 0.2) is 0 Å². The number of aromatic nitrogens is 1. The van der Waals surface area contributed by atoms with Gasteiger partial charge in [0.2, 0.25) is 0 Å². The number of rotatable bonds is 3. The Labute approximate surface area is 118 Å². The van der Waals surface area contributed by atoms with Crippen LogP contribution in [-0.4, -0.2) is 18.0 Å². The quantitative estimate of drug-likeness (QED) is 0.931. The van der Waals surface area contributed by atoms with Gasteiger partial charge in [0.25, 0.3) is 5.91 Å². The molecule has 2 aromatic rings. The lowest BCUT2D eigenvalue weighted by atomic mass is 10.0. The maximum Gasteiger partial charge on any atom is 0.259 e. The fraction of sp³-hybridized carbons (Fsp3) is 0.250. The van der Waals surface area contributed by atoms with E-state index in [9.17, 15) is 4.79 Å². The van der Waals surface area contributed by atoms with Crippen molar-refractivity contribution in [2.24, 2.45) is 0 Å². The van der Waals surface area contributed by atoms with Crippen LogP contribution in [0.5, 0.6) is 5.75 Å². The summed E-state index contributed by atoms with van der Waals surface area (Å²) in [5, 5.41) is 2.87. The van der Waals surface area contributed by atoms with Crippen molar-refractivity contribution in [2.45, 2.75) is 20.8 Å². The van der Waals surface area contributed by atoms with E-state index in [0.717, 1.165) is 22.5 Å². The fourth-order valence-electron chi connectivity index (χ4n) is 2.22.